The highest BCUT2D eigenvalue weighted by Gasteiger charge is 2.24. The zero-order valence-corrected chi connectivity index (χ0v) is 9.34. The Morgan fingerprint density at radius 2 is 2.07 bits per heavy atom. The summed E-state index contributed by atoms with van der Waals surface area (Å²) in [4.78, 5) is 0. The van der Waals surface area contributed by atoms with E-state index in [-0.39, 0.29) is 0 Å². The smallest absolute Gasteiger partial charge is 0.0241 e. The highest BCUT2D eigenvalue weighted by molar-refractivity contribution is 4.81. The van der Waals surface area contributed by atoms with Gasteiger partial charge in [0.1, 0.15) is 0 Å². The van der Waals surface area contributed by atoms with Crippen LogP contribution >= 0.6 is 0 Å². The summed E-state index contributed by atoms with van der Waals surface area (Å²) < 4.78 is 0. The Hall–Kier alpha value is -0.340. The van der Waals surface area contributed by atoms with Gasteiger partial charge in [-0.05, 0) is 37.5 Å². The van der Waals surface area contributed by atoms with Crippen molar-refractivity contribution in [1.82, 2.24) is 5.43 Å². The van der Waals surface area contributed by atoms with Gasteiger partial charge in [-0.3, -0.25) is 11.3 Å². The van der Waals surface area contributed by atoms with E-state index in [0.717, 1.165) is 24.7 Å². The second kappa shape index (κ2) is 6.20. The average molecular weight is 196 g/mol. The summed E-state index contributed by atoms with van der Waals surface area (Å²) in [6, 6.07) is 0.500. The van der Waals surface area contributed by atoms with Crippen LogP contribution in [0.3, 0.4) is 0 Å². The molecule has 1 unspecified atom stereocenters. The number of hydrogen-bond donors (Lipinski definition) is 2. The fourth-order valence-corrected chi connectivity index (χ4v) is 2.44. The van der Waals surface area contributed by atoms with E-state index in [9.17, 15) is 0 Å². The number of allylic oxidation sites excluding steroid dienone is 1. The number of hydrazine groups is 1. The van der Waals surface area contributed by atoms with Gasteiger partial charge in [0, 0.05) is 6.04 Å². The van der Waals surface area contributed by atoms with Crippen LogP contribution in [-0.2, 0) is 0 Å². The molecular formula is C12H24N2. The molecule has 2 nitrogen and oxygen atoms in total. The maximum Gasteiger partial charge on any atom is 0.0241 e. The lowest BCUT2D eigenvalue weighted by Gasteiger charge is -2.32. The summed E-state index contributed by atoms with van der Waals surface area (Å²) in [5.41, 5.74) is 2.97. The molecule has 0 aromatic heterocycles. The summed E-state index contributed by atoms with van der Waals surface area (Å²) in [6.45, 7) is 6.11. The van der Waals surface area contributed by atoms with Crippen molar-refractivity contribution in [3.05, 3.63) is 12.7 Å². The monoisotopic (exact) mass is 196 g/mol. The van der Waals surface area contributed by atoms with Gasteiger partial charge in [-0.2, -0.15) is 0 Å². The van der Waals surface area contributed by atoms with Gasteiger partial charge in [0.25, 0.3) is 0 Å². The molecule has 2 heteroatoms. The van der Waals surface area contributed by atoms with Crippen molar-refractivity contribution in [2.75, 3.05) is 0 Å². The van der Waals surface area contributed by atoms with Crippen LogP contribution < -0.4 is 11.3 Å². The molecule has 0 aliphatic heterocycles. The normalized spacial score (nSPS) is 29.9. The number of rotatable bonds is 5. The predicted octanol–water partition coefficient (Wildman–Crippen LogP) is 2.61. The van der Waals surface area contributed by atoms with Crippen molar-refractivity contribution in [3.63, 3.8) is 0 Å². The predicted molar refractivity (Wildman–Crippen MR) is 61.7 cm³/mol. The standard InChI is InChI=1S/C12H24N2/c1-3-4-5-12(14-13)11-8-6-10(2)7-9-11/h3,10-12,14H,1,4-9,13H2,2H3. The van der Waals surface area contributed by atoms with Crippen LogP contribution in [0.4, 0.5) is 0 Å². The molecule has 1 saturated carbocycles. The van der Waals surface area contributed by atoms with E-state index < -0.39 is 0 Å². The summed E-state index contributed by atoms with van der Waals surface area (Å²) in [5, 5.41) is 0. The third-order valence-corrected chi connectivity index (χ3v) is 3.53. The second-order valence-corrected chi connectivity index (χ2v) is 4.66. The first-order chi connectivity index (χ1) is 6.77. The van der Waals surface area contributed by atoms with Crippen LogP contribution in [-0.4, -0.2) is 6.04 Å². The van der Waals surface area contributed by atoms with Crippen molar-refractivity contribution < 1.29 is 0 Å². The van der Waals surface area contributed by atoms with E-state index in [1.807, 2.05) is 6.08 Å². The second-order valence-electron chi connectivity index (χ2n) is 4.66. The molecule has 0 heterocycles. The summed E-state index contributed by atoms with van der Waals surface area (Å²) in [5.74, 6) is 7.30. The number of hydrogen-bond acceptors (Lipinski definition) is 2. The molecule has 0 aromatic carbocycles. The maximum absolute atomic E-state index is 5.59. The van der Waals surface area contributed by atoms with Gasteiger partial charge in [0.15, 0.2) is 0 Å². The Bertz CT molecular complexity index is 160. The van der Waals surface area contributed by atoms with Gasteiger partial charge in [0.05, 0.1) is 0 Å². The quantitative estimate of drug-likeness (QED) is 0.403. The minimum Gasteiger partial charge on any atom is -0.271 e. The first-order valence-corrected chi connectivity index (χ1v) is 5.85. The molecule has 1 fully saturated rings. The van der Waals surface area contributed by atoms with Gasteiger partial charge in [-0.25, -0.2) is 0 Å². The van der Waals surface area contributed by atoms with E-state index >= 15 is 0 Å². The molecule has 1 aliphatic rings. The Labute approximate surface area is 87.9 Å². The molecule has 0 aromatic rings. The van der Waals surface area contributed by atoms with E-state index in [4.69, 9.17) is 5.84 Å². The minimum absolute atomic E-state index is 0.500. The summed E-state index contributed by atoms with van der Waals surface area (Å²) >= 11 is 0. The van der Waals surface area contributed by atoms with Gasteiger partial charge >= 0.3 is 0 Å². The Balaban J connectivity index is 2.32. The highest BCUT2D eigenvalue weighted by atomic mass is 15.2. The molecule has 0 bridgehead atoms. The molecule has 0 saturated heterocycles. The van der Waals surface area contributed by atoms with Gasteiger partial charge in [-0.1, -0.05) is 25.8 Å². The van der Waals surface area contributed by atoms with E-state index in [1.165, 1.54) is 25.7 Å². The molecule has 14 heavy (non-hydrogen) atoms. The largest absolute Gasteiger partial charge is 0.271 e. The number of nitrogens with one attached hydrogen (secondary N) is 1. The molecule has 1 rings (SSSR count). The van der Waals surface area contributed by atoms with Crippen molar-refractivity contribution in [2.45, 2.75) is 51.5 Å². The average Bonchev–Trinajstić information content (AvgIpc) is 2.21. The lowest BCUT2D eigenvalue weighted by molar-refractivity contribution is 0.224. The van der Waals surface area contributed by atoms with Crippen LogP contribution in [0.1, 0.15) is 45.4 Å². The lowest BCUT2D eigenvalue weighted by Crippen LogP contribution is -2.42. The van der Waals surface area contributed by atoms with Crippen LogP contribution in [0.15, 0.2) is 12.7 Å². The fraction of sp³-hybridized carbons (Fsp3) is 0.833. The topological polar surface area (TPSA) is 38.0 Å². The summed E-state index contributed by atoms with van der Waals surface area (Å²) in [6.07, 6.45) is 9.62. The van der Waals surface area contributed by atoms with Crippen molar-refractivity contribution >= 4 is 0 Å². The minimum atomic E-state index is 0.500. The van der Waals surface area contributed by atoms with Crippen LogP contribution in [0.5, 0.6) is 0 Å². The molecule has 3 N–H and O–H groups in total. The lowest BCUT2D eigenvalue weighted by atomic mass is 9.78. The number of nitrogens with two attached hydrogens (primary N) is 1. The van der Waals surface area contributed by atoms with Gasteiger partial charge in [0.2, 0.25) is 0 Å². The van der Waals surface area contributed by atoms with Crippen molar-refractivity contribution in [1.29, 1.82) is 0 Å². The Kier molecular flexibility index (Phi) is 5.20. The maximum atomic E-state index is 5.59. The first-order valence-electron chi connectivity index (χ1n) is 5.85. The van der Waals surface area contributed by atoms with Crippen LogP contribution in [0, 0.1) is 11.8 Å². The molecule has 1 atom stereocenters. The Morgan fingerprint density at radius 1 is 1.43 bits per heavy atom. The van der Waals surface area contributed by atoms with Crippen molar-refractivity contribution in [2.24, 2.45) is 17.7 Å². The van der Waals surface area contributed by atoms with Crippen LogP contribution in [0.25, 0.3) is 0 Å². The summed E-state index contributed by atoms with van der Waals surface area (Å²) in [7, 11) is 0. The van der Waals surface area contributed by atoms with Gasteiger partial charge < -0.3 is 0 Å². The van der Waals surface area contributed by atoms with E-state index in [1.54, 1.807) is 0 Å². The zero-order valence-electron chi connectivity index (χ0n) is 9.34. The SMILES string of the molecule is C=CCCC(NN)C1CCC(C)CC1. The third kappa shape index (κ3) is 3.43. The highest BCUT2D eigenvalue weighted by Crippen LogP contribution is 2.31. The van der Waals surface area contributed by atoms with Gasteiger partial charge in [-0.15, -0.1) is 6.58 Å². The fourth-order valence-electron chi connectivity index (χ4n) is 2.44. The molecule has 0 amide bonds. The third-order valence-electron chi connectivity index (χ3n) is 3.53. The molecule has 82 valence electrons. The van der Waals surface area contributed by atoms with E-state index in [2.05, 4.69) is 18.9 Å². The molecule has 1 aliphatic carbocycles. The zero-order chi connectivity index (χ0) is 10.4. The molecule has 0 spiro atoms. The molecule has 0 radical (unpaired) electrons. The molecular weight excluding hydrogens is 172 g/mol. The van der Waals surface area contributed by atoms with Crippen molar-refractivity contribution in [3.8, 4) is 0 Å². The van der Waals surface area contributed by atoms with E-state index in [0.29, 0.717) is 6.04 Å². The first kappa shape index (κ1) is 11.7. The Morgan fingerprint density at radius 3 is 2.57 bits per heavy atom. The van der Waals surface area contributed by atoms with Crippen LogP contribution in [0.2, 0.25) is 0 Å².